The number of nitrogens with one attached hydrogen (secondary N) is 1. The largest absolute Gasteiger partial charge is 0.491 e. The van der Waals surface area contributed by atoms with Crippen molar-refractivity contribution in [2.45, 2.75) is 57.3 Å². The first-order valence-corrected chi connectivity index (χ1v) is 10.2. The van der Waals surface area contributed by atoms with Gasteiger partial charge in [0.05, 0.1) is 12.2 Å². The summed E-state index contributed by atoms with van der Waals surface area (Å²) >= 11 is 0. The molecule has 26 heavy (non-hydrogen) atoms. The molecule has 0 bridgehead atoms. The summed E-state index contributed by atoms with van der Waals surface area (Å²) in [7, 11) is 0. The van der Waals surface area contributed by atoms with E-state index in [-0.39, 0.29) is 12.2 Å². The fraction of sp³-hybridized carbons (Fsp3) is 0.714. The van der Waals surface area contributed by atoms with Crippen molar-refractivity contribution in [3.63, 3.8) is 0 Å². The molecule has 2 heterocycles. The lowest BCUT2D eigenvalue weighted by Crippen LogP contribution is -2.20. The van der Waals surface area contributed by atoms with Crippen LogP contribution in [-0.4, -0.2) is 45.2 Å². The fourth-order valence-corrected chi connectivity index (χ4v) is 3.56. The Bertz CT molecular complexity index is 563. The van der Waals surface area contributed by atoms with Gasteiger partial charge in [0.15, 0.2) is 0 Å². The summed E-state index contributed by atoms with van der Waals surface area (Å²) in [6.45, 7) is 4.88. The zero-order valence-electron chi connectivity index (χ0n) is 15.6. The van der Waals surface area contributed by atoms with E-state index in [1.54, 1.807) is 0 Å². The highest BCUT2D eigenvalue weighted by Gasteiger charge is 2.21. The minimum Gasteiger partial charge on any atom is -0.491 e. The molecule has 2 aliphatic heterocycles. The number of hydrogen-bond donors (Lipinski definition) is 1. The molecule has 1 aliphatic carbocycles. The number of benzene rings is 1. The predicted molar refractivity (Wildman–Crippen MR) is 99.8 cm³/mol. The average molecular weight is 361 g/mol. The second-order valence-electron chi connectivity index (χ2n) is 7.74. The van der Waals surface area contributed by atoms with Gasteiger partial charge < -0.3 is 24.3 Å². The van der Waals surface area contributed by atoms with Gasteiger partial charge in [-0.3, -0.25) is 0 Å². The summed E-state index contributed by atoms with van der Waals surface area (Å²) in [4.78, 5) is 0. The van der Waals surface area contributed by atoms with Gasteiger partial charge in [-0.25, -0.2) is 0 Å². The Balaban J connectivity index is 1.35. The Morgan fingerprint density at radius 3 is 2.31 bits per heavy atom. The van der Waals surface area contributed by atoms with Gasteiger partial charge in [-0.2, -0.15) is 0 Å². The molecular weight excluding hydrogens is 330 g/mol. The van der Waals surface area contributed by atoms with Crippen molar-refractivity contribution >= 4 is 0 Å². The fourth-order valence-electron chi connectivity index (χ4n) is 3.56. The lowest BCUT2D eigenvalue weighted by Gasteiger charge is -2.17. The molecule has 0 radical (unpaired) electrons. The molecule has 2 atom stereocenters. The molecular formula is C21H31NO4. The summed E-state index contributed by atoms with van der Waals surface area (Å²) in [6.07, 6.45) is 7.63. The first-order chi connectivity index (χ1) is 12.9. The van der Waals surface area contributed by atoms with E-state index in [9.17, 15) is 0 Å². The Kier molecular flexibility index (Phi) is 6.31. The van der Waals surface area contributed by atoms with Crippen LogP contribution in [0.5, 0.6) is 11.5 Å². The first kappa shape index (κ1) is 18.1. The highest BCUT2D eigenvalue weighted by Crippen LogP contribution is 2.29. The highest BCUT2D eigenvalue weighted by molar-refractivity contribution is 5.41. The molecule has 0 spiro atoms. The maximum atomic E-state index is 6.13. The SMILES string of the molecule is c1cc(CNCC2CC2)c(OCC2CCCO2)cc1OCC1CCCO1. The normalized spacial score (nSPS) is 25.5. The standard InChI is InChI=1S/C21H31NO4/c1-3-19(23-9-1)14-25-18-8-7-17(13-22-12-16-5-6-16)21(11-18)26-15-20-4-2-10-24-20/h7-8,11,16,19-20,22H,1-6,9-10,12-15H2. The van der Waals surface area contributed by atoms with Crippen molar-refractivity contribution in [1.82, 2.24) is 5.32 Å². The molecule has 0 amide bonds. The molecule has 3 aliphatic rings. The lowest BCUT2D eigenvalue weighted by molar-refractivity contribution is 0.0652. The van der Waals surface area contributed by atoms with Crippen molar-refractivity contribution < 1.29 is 18.9 Å². The van der Waals surface area contributed by atoms with Crippen molar-refractivity contribution in [1.29, 1.82) is 0 Å². The third-order valence-electron chi connectivity index (χ3n) is 5.39. The summed E-state index contributed by atoms with van der Waals surface area (Å²) in [6, 6.07) is 6.19. The van der Waals surface area contributed by atoms with Crippen LogP contribution in [0, 0.1) is 5.92 Å². The third kappa shape index (κ3) is 5.35. The van der Waals surface area contributed by atoms with Crippen LogP contribution >= 0.6 is 0 Å². The highest BCUT2D eigenvalue weighted by atomic mass is 16.5. The van der Waals surface area contributed by atoms with Gasteiger partial charge in [-0.05, 0) is 57.1 Å². The second-order valence-corrected chi connectivity index (χ2v) is 7.74. The van der Waals surface area contributed by atoms with Crippen LogP contribution < -0.4 is 14.8 Å². The lowest BCUT2D eigenvalue weighted by atomic mass is 10.1. The van der Waals surface area contributed by atoms with E-state index in [0.717, 1.165) is 69.4 Å². The minimum absolute atomic E-state index is 0.221. The van der Waals surface area contributed by atoms with Crippen LogP contribution in [0.3, 0.4) is 0 Å². The second kappa shape index (κ2) is 9.07. The molecule has 1 aromatic carbocycles. The molecule has 1 saturated carbocycles. The molecule has 5 nitrogen and oxygen atoms in total. The zero-order valence-corrected chi connectivity index (χ0v) is 15.6. The quantitative estimate of drug-likeness (QED) is 0.693. The zero-order chi connectivity index (χ0) is 17.6. The number of ether oxygens (including phenoxy) is 4. The van der Waals surface area contributed by atoms with Gasteiger partial charge in [0.1, 0.15) is 24.7 Å². The third-order valence-corrected chi connectivity index (χ3v) is 5.39. The van der Waals surface area contributed by atoms with Gasteiger partial charge >= 0.3 is 0 Å². The number of rotatable bonds is 10. The predicted octanol–water partition coefficient (Wildman–Crippen LogP) is 3.30. The molecule has 2 saturated heterocycles. The summed E-state index contributed by atoms with van der Waals surface area (Å²) in [5, 5.41) is 3.56. The minimum atomic E-state index is 0.221. The average Bonchev–Trinajstić information content (AvgIpc) is 3.12. The van der Waals surface area contributed by atoms with Crippen molar-refractivity contribution in [3.05, 3.63) is 23.8 Å². The van der Waals surface area contributed by atoms with E-state index in [0.29, 0.717) is 13.2 Å². The van der Waals surface area contributed by atoms with E-state index >= 15 is 0 Å². The first-order valence-electron chi connectivity index (χ1n) is 10.2. The van der Waals surface area contributed by atoms with Crippen LogP contribution in [-0.2, 0) is 16.0 Å². The monoisotopic (exact) mass is 361 g/mol. The van der Waals surface area contributed by atoms with Crippen LogP contribution in [0.15, 0.2) is 18.2 Å². The molecule has 4 rings (SSSR count). The topological polar surface area (TPSA) is 49.0 Å². The summed E-state index contributed by atoms with van der Waals surface area (Å²) in [5.74, 6) is 2.64. The maximum Gasteiger partial charge on any atom is 0.127 e. The molecule has 3 fully saturated rings. The van der Waals surface area contributed by atoms with Crippen molar-refractivity contribution in [2.75, 3.05) is 33.0 Å². The number of hydrogen-bond acceptors (Lipinski definition) is 5. The Morgan fingerprint density at radius 2 is 1.65 bits per heavy atom. The molecule has 1 N–H and O–H groups in total. The summed E-state index contributed by atoms with van der Waals surface area (Å²) in [5.41, 5.74) is 1.19. The van der Waals surface area contributed by atoms with Gasteiger partial charge in [0.25, 0.3) is 0 Å². The van der Waals surface area contributed by atoms with E-state index < -0.39 is 0 Å². The molecule has 1 aromatic rings. The maximum absolute atomic E-state index is 6.13. The van der Waals surface area contributed by atoms with Gasteiger partial charge in [0.2, 0.25) is 0 Å². The van der Waals surface area contributed by atoms with Crippen LogP contribution in [0.4, 0.5) is 0 Å². The van der Waals surface area contributed by atoms with Crippen LogP contribution in [0.25, 0.3) is 0 Å². The molecule has 0 aromatic heterocycles. The molecule has 2 unspecified atom stereocenters. The van der Waals surface area contributed by atoms with E-state index in [1.807, 2.05) is 12.1 Å². The van der Waals surface area contributed by atoms with E-state index in [1.165, 1.54) is 18.4 Å². The Morgan fingerprint density at radius 1 is 0.923 bits per heavy atom. The smallest absolute Gasteiger partial charge is 0.127 e. The van der Waals surface area contributed by atoms with Gasteiger partial charge in [0, 0.05) is 31.4 Å². The summed E-state index contributed by atoms with van der Waals surface area (Å²) < 4.78 is 23.4. The van der Waals surface area contributed by atoms with Gasteiger partial charge in [-0.1, -0.05) is 6.07 Å². The Labute approximate surface area is 156 Å². The Hall–Kier alpha value is -1.30. The van der Waals surface area contributed by atoms with E-state index in [4.69, 9.17) is 18.9 Å². The van der Waals surface area contributed by atoms with Crippen LogP contribution in [0.2, 0.25) is 0 Å². The van der Waals surface area contributed by atoms with Gasteiger partial charge in [-0.15, -0.1) is 0 Å². The van der Waals surface area contributed by atoms with Crippen molar-refractivity contribution in [2.24, 2.45) is 5.92 Å². The van der Waals surface area contributed by atoms with Crippen LogP contribution in [0.1, 0.15) is 44.1 Å². The molecule has 144 valence electrons. The van der Waals surface area contributed by atoms with Crippen molar-refractivity contribution in [3.8, 4) is 11.5 Å². The molecule has 5 heteroatoms. The van der Waals surface area contributed by atoms with E-state index in [2.05, 4.69) is 11.4 Å².